The van der Waals surface area contributed by atoms with E-state index in [1.54, 1.807) is 13.2 Å². The summed E-state index contributed by atoms with van der Waals surface area (Å²) < 4.78 is 42.1. The van der Waals surface area contributed by atoms with E-state index in [2.05, 4.69) is 38.0 Å². The molecule has 0 aliphatic rings. The second kappa shape index (κ2) is 17.0. The quantitative estimate of drug-likeness (QED) is 0.126. The van der Waals surface area contributed by atoms with Crippen LogP contribution in [0.25, 0.3) is 0 Å². The first-order valence-corrected chi connectivity index (χ1v) is 15.9. The minimum atomic E-state index is -3.75. The molecule has 0 saturated carbocycles. The van der Waals surface area contributed by atoms with E-state index in [0.29, 0.717) is 11.6 Å². The molecule has 0 aliphatic heterocycles. The van der Waals surface area contributed by atoms with Crippen molar-refractivity contribution in [2.45, 2.75) is 52.6 Å². The number of hydrogen-bond donors (Lipinski definition) is 1. The zero-order valence-corrected chi connectivity index (χ0v) is 27.3. The van der Waals surface area contributed by atoms with Crippen molar-refractivity contribution in [1.29, 1.82) is 0 Å². The Labute approximate surface area is 263 Å². The maximum absolute atomic E-state index is 13.3. The van der Waals surface area contributed by atoms with Gasteiger partial charge in [-0.15, -0.1) is 0 Å². The van der Waals surface area contributed by atoms with Crippen LogP contribution in [0.4, 0.5) is 0 Å². The number of likely N-dealkylation sites (N-methyl/N-ethyl adjacent to an activating group) is 1. The lowest BCUT2D eigenvalue weighted by molar-refractivity contribution is -0.0635. The van der Waals surface area contributed by atoms with Crippen LogP contribution in [0.5, 0.6) is 17.2 Å². The third kappa shape index (κ3) is 11.8. The van der Waals surface area contributed by atoms with Crippen molar-refractivity contribution in [3.8, 4) is 17.2 Å². The van der Waals surface area contributed by atoms with E-state index in [4.69, 9.17) is 34.9 Å². The number of rotatable bonds is 16. The first-order chi connectivity index (χ1) is 19.9. The largest absolute Gasteiger partial charge is 0.497 e. The fourth-order valence-corrected chi connectivity index (χ4v) is 5.37. The maximum Gasteiger partial charge on any atom is 0.460 e. The highest BCUT2D eigenvalue weighted by Gasteiger charge is 2.27. The molecule has 0 spiro atoms. The molecule has 0 aromatic heterocycles. The molecule has 0 heterocycles. The summed E-state index contributed by atoms with van der Waals surface area (Å²) in [6.45, 7) is 6.85. The van der Waals surface area contributed by atoms with Gasteiger partial charge in [-0.1, -0.05) is 76.2 Å². The Morgan fingerprint density at radius 1 is 0.977 bits per heavy atom. The van der Waals surface area contributed by atoms with Crippen LogP contribution in [-0.2, 0) is 32.1 Å². The van der Waals surface area contributed by atoms with Crippen LogP contribution in [0.1, 0.15) is 44.9 Å². The van der Waals surface area contributed by atoms with Crippen molar-refractivity contribution in [3.05, 3.63) is 88.4 Å². The summed E-state index contributed by atoms with van der Waals surface area (Å²) in [6, 6.07) is 21.5. The third-order valence-electron chi connectivity index (χ3n) is 6.60. The highest BCUT2D eigenvalue weighted by molar-refractivity contribution is 7.52. The van der Waals surface area contributed by atoms with Crippen molar-refractivity contribution in [3.63, 3.8) is 0 Å². The number of methoxy groups -OCH3 is 1. The van der Waals surface area contributed by atoms with Crippen molar-refractivity contribution in [1.82, 2.24) is 9.99 Å². The maximum atomic E-state index is 13.3. The Morgan fingerprint density at radius 3 is 2.37 bits per heavy atom. The molecule has 3 aromatic rings. The van der Waals surface area contributed by atoms with Gasteiger partial charge in [0.1, 0.15) is 30.0 Å². The summed E-state index contributed by atoms with van der Waals surface area (Å²) in [5.74, 6) is 1.91. The molecule has 10 heteroatoms. The first-order valence-electron chi connectivity index (χ1n) is 14.0. The van der Waals surface area contributed by atoms with E-state index in [1.807, 2.05) is 67.5 Å². The monoisotopic (exact) mass is 634 g/mol. The highest BCUT2D eigenvalue weighted by Crippen LogP contribution is 2.46. The van der Waals surface area contributed by atoms with Crippen LogP contribution < -0.4 is 19.1 Å². The van der Waals surface area contributed by atoms with Gasteiger partial charge in [-0.3, -0.25) is 4.52 Å². The standard InChI is InChI=1S/C32H44ClN2O6P.CH4/c1-32(2,3)26-17-18-31(29(33)20-26)41-42(36,34-4)40-23-39-28(21-35(5)6)22-38-30-14-9-8-12-25(30)16-15-24-11-10-13-27(19-24)37-7;/h8-14,17-20,28H,15-16,21-23H2,1-7H3,(H,34,36);1H4. The van der Waals surface area contributed by atoms with Gasteiger partial charge in [0, 0.05) is 6.54 Å². The van der Waals surface area contributed by atoms with E-state index in [0.717, 1.165) is 35.5 Å². The molecule has 43 heavy (non-hydrogen) atoms. The average molecular weight is 635 g/mol. The van der Waals surface area contributed by atoms with Gasteiger partial charge in [0.05, 0.1) is 12.1 Å². The van der Waals surface area contributed by atoms with E-state index in [1.165, 1.54) is 12.6 Å². The fourth-order valence-electron chi connectivity index (χ4n) is 4.21. The number of para-hydroxylation sites is 1. The number of benzene rings is 3. The third-order valence-corrected chi connectivity index (χ3v) is 8.33. The highest BCUT2D eigenvalue weighted by atomic mass is 35.5. The summed E-state index contributed by atoms with van der Waals surface area (Å²) in [6.07, 6.45) is 1.31. The summed E-state index contributed by atoms with van der Waals surface area (Å²) in [5.41, 5.74) is 3.25. The zero-order chi connectivity index (χ0) is 30.8. The molecule has 2 atom stereocenters. The van der Waals surface area contributed by atoms with Crippen LogP contribution in [0.15, 0.2) is 66.7 Å². The molecular weight excluding hydrogens is 587 g/mol. The Bertz CT molecular complexity index is 1330. The van der Waals surface area contributed by atoms with Gasteiger partial charge in [-0.05, 0) is 86.4 Å². The van der Waals surface area contributed by atoms with Gasteiger partial charge in [-0.2, -0.15) is 0 Å². The Balaban J connectivity index is 0.00000645. The van der Waals surface area contributed by atoms with Gasteiger partial charge in [-0.25, -0.2) is 9.65 Å². The van der Waals surface area contributed by atoms with Crippen LogP contribution in [0, 0.1) is 0 Å². The van der Waals surface area contributed by atoms with Crippen LogP contribution in [0.3, 0.4) is 0 Å². The molecule has 0 fully saturated rings. The number of nitrogens with zero attached hydrogens (tertiary/aromatic N) is 1. The lowest BCUT2D eigenvalue weighted by Gasteiger charge is -2.24. The fraction of sp³-hybridized carbons (Fsp3) is 0.455. The van der Waals surface area contributed by atoms with Crippen LogP contribution >= 0.6 is 19.3 Å². The van der Waals surface area contributed by atoms with Crippen molar-refractivity contribution in [2.24, 2.45) is 0 Å². The molecule has 3 rings (SSSR count). The number of ether oxygens (including phenoxy) is 3. The number of nitrogens with one attached hydrogen (secondary N) is 1. The Hall–Kier alpha value is -2.58. The van der Waals surface area contributed by atoms with E-state index < -0.39 is 7.75 Å². The van der Waals surface area contributed by atoms with Gasteiger partial charge in [0.2, 0.25) is 0 Å². The summed E-state index contributed by atoms with van der Waals surface area (Å²) in [4.78, 5) is 1.99. The summed E-state index contributed by atoms with van der Waals surface area (Å²) in [7, 11) is 3.32. The predicted molar refractivity (Wildman–Crippen MR) is 176 cm³/mol. The predicted octanol–water partition coefficient (Wildman–Crippen LogP) is 7.77. The first kappa shape index (κ1) is 36.6. The number of hydrogen-bond acceptors (Lipinski definition) is 7. The molecule has 0 saturated heterocycles. The number of aryl methyl sites for hydroxylation is 2. The average Bonchev–Trinajstić information content (AvgIpc) is 2.95. The van der Waals surface area contributed by atoms with E-state index >= 15 is 0 Å². The minimum absolute atomic E-state index is 0. The summed E-state index contributed by atoms with van der Waals surface area (Å²) in [5, 5.41) is 2.99. The van der Waals surface area contributed by atoms with Gasteiger partial charge in [0.25, 0.3) is 0 Å². The molecule has 3 aromatic carbocycles. The van der Waals surface area contributed by atoms with Gasteiger partial charge >= 0.3 is 7.75 Å². The minimum Gasteiger partial charge on any atom is -0.497 e. The van der Waals surface area contributed by atoms with Crippen molar-refractivity contribution in [2.75, 3.05) is 48.2 Å². The molecule has 0 amide bonds. The molecule has 0 radical (unpaired) electrons. The van der Waals surface area contributed by atoms with E-state index in [-0.39, 0.29) is 38.1 Å². The van der Waals surface area contributed by atoms with Crippen LogP contribution in [-0.4, -0.2) is 59.2 Å². The SMILES string of the molecule is C.CNP(=O)(OCOC(COc1ccccc1CCc1cccc(OC)c1)CN(C)C)Oc1ccc(C(C)(C)C)cc1Cl. The zero-order valence-electron chi connectivity index (χ0n) is 25.7. The molecule has 8 nitrogen and oxygen atoms in total. The molecular formula is C33H48ClN2O6P. The second-order valence-electron chi connectivity index (χ2n) is 11.3. The molecule has 238 valence electrons. The van der Waals surface area contributed by atoms with Crippen LogP contribution in [0.2, 0.25) is 5.02 Å². The normalized spacial score (nSPS) is 13.6. The lowest BCUT2D eigenvalue weighted by Crippen LogP contribution is -2.34. The summed E-state index contributed by atoms with van der Waals surface area (Å²) >= 11 is 6.43. The number of halogens is 1. The van der Waals surface area contributed by atoms with E-state index in [9.17, 15) is 4.57 Å². The molecule has 0 bridgehead atoms. The van der Waals surface area contributed by atoms with Crippen molar-refractivity contribution < 1.29 is 27.8 Å². The molecule has 2 unspecified atom stereocenters. The van der Waals surface area contributed by atoms with Gasteiger partial charge in [0.15, 0.2) is 6.79 Å². The topological polar surface area (TPSA) is 78.5 Å². The second-order valence-corrected chi connectivity index (χ2v) is 13.6. The lowest BCUT2D eigenvalue weighted by atomic mass is 9.87. The van der Waals surface area contributed by atoms with Crippen molar-refractivity contribution >= 4 is 19.3 Å². The van der Waals surface area contributed by atoms with Gasteiger partial charge < -0.3 is 23.6 Å². The molecule has 0 aliphatic carbocycles. The Morgan fingerprint density at radius 2 is 1.72 bits per heavy atom. The Kier molecular flexibility index (Phi) is 14.5. The molecule has 1 N–H and O–H groups in total. The smallest absolute Gasteiger partial charge is 0.460 e.